The molecule has 1 fully saturated rings. The van der Waals surface area contributed by atoms with E-state index in [1.54, 1.807) is 7.11 Å². The van der Waals surface area contributed by atoms with Crippen molar-refractivity contribution < 1.29 is 14.3 Å². The number of rotatable bonds is 2. The zero-order chi connectivity index (χ0) is 12.4. The van der Waals surface area contributed by atoms with Crippen molar-refractivity contribution in [2.45, 2.75) is 18.8 Å². The van der Waals surface area contributed by atoms with Crippen molar-refractivity contribution in [1.82, 2.24) is 5.32 Å². The van der Waals surface area contributed by atoms with Crippen molar-refractivity contribution >= 4 is 27.7 Å². The summed E-state index contributed by atoms with van der Waals surface area (Å²) >= 11 is 3.37. The zero-order valence-electron chi connectivity index (χ0n) is 9.33. The summed E-state index contributed by atoms with van der Waals surface area (Å²) < 4.78 is 6.13. The molecule has 90 valence electrons. The number of carbonyl (C=O) groups is 2. The molecule has 0 aliphatic carbocycles. The first-order valence-electron chi connectivity index (χ1n) is 5.29. The van der Waals surface area contributed by atoms with Crippen molar-refractivity contribution in [2.75, 3.05) is 7.11 Å². The van der Waals surface area contributed by atoms with Crippen LogP contribution in [0.3, 0.4) is 0 Å². The number of methoxy groups -OCH3 is 1. The van der Waals surface area contributed by atoms with Crippen molar-refractivity contribution in [3.63, 3.8) is 0 Å². The molecule has 1 unspecified atom stereocenters. The minimum atomic E-state index is -0.319. The molecule has 5 heteroatoms. The van der Waals surface area contributed by atoms with Crippen molar-refractivity contribution in [3.05, 3.63) is 28.2 Å². The number of hydrogen-bond donors (Lipinski definition) is 1. The van der Waals surface area contributed by atoms with Crippen LogP contribution in [0, 0.1) is 0 Å². The molecular formula is C12H12BrNO3. The van der Waals surface area contributed by atoms with E-state index in [9.17, 15) is 9.59 Å². The molecule has 0 bridgehead atoms. The van der Waals surface area contributed by atoms with Gasteiger partial charge in [-0.05, 0) is 24.6 Å². The second-order valence-electron chi connectivity index (χ2n) is 3.89. The largest absolute Gasteiger partial charge is 0.496 e. The monoisotopic (exact) mass is 297 g/mol. The van der Waals surface area contributed by atoms with Crippen LogP contribution in [0.1, 0.15) is 24.3 Å². The van der Waals surface area contributed by atoms with Crippen LogP contribution >= 0.6 is 15.9 Å². The van der Waals surface area contributed by atoms with Gasteiger partial charge in [-0.1, -0.05) is 15.9 Å². The van der Waals surface area contributed by atoms with E-state index in [-0.39, 0.29) is 17.7 Å². The van der Waals surface area contributed by atoms with Crippen molar-refractivity contribution in [1.29, 1.82) is 0 Å². The third kappa shape index (κ3) is 2.49. The first-order valence-corrected chi connectivity index (χ1v) is 6.08. The average Bonchev–Trinajstić information content (AvgIpc) is 2.29. The highest BCUT2D eigenvalue weighted by Gasteiger charge is 2.30. The fourth-order valence-electron chi connectivity index (χ4n) is 1.97. The van der Waals surface area contributed by atoms with Gasteiger partial charge in [-0.3, -0.25) is 14.9 Å². The summed E-state index contributed by atoms with van der Waals surface area (Å²) in [5.41, 5.74) is 0.812. The minimum Gasteiger partial charge on any atom is -0.496 e. The van der Waals surface area contributed by atoms with Crippen LogP contribution in [-0.2, 0) is 9.59 Å². The van der Waals surface area contributed by atoms with Gasteiger partial charge in [0.05, 0.1) is 13.0 Å². The normalized spacial score (nSPS) is 20.0. The lowest BCUT2D eigenvalue weighted by Gasteiger charge is -2.22. The number of amides is 2. The zero-order valence-corrected chi connectivity index (χ0v) is 10.9. The highest BCUT2D eigenvalue weighted by molar-refractivity contribution is 9.10. The van der Waals surface area contributed by atoms with Gasteiger partial charge in [-0.25, -0.2) is 0 Å². The molecule has 1 N–H and O–H groups in total. The molecule has 1 saturated heterocycles. The van der Waals surface area contributed by atoms with E-state index in [2.05, 4.69) is 21.2 Å². The Morgan fingerprint density at radius 2 is 2.18 bits per heavy atom. The molecule has 1 aromatic carbocycles. The number of benzene rings is 1. The molecule has 0 spiro atoms. The molecule has 1 heterocycles. The fourth-order valence-corrected chi connectivity index (χ4v) is 2.35. The van der Waals surface area contributed by atoms with E-state index in [0.29, 0.717) is 18.6 Å². The third-order valence-electron chi connectivity index (χ3n) is 2.81. The quantitative estimate of drug-likeness (QED) is 0.849. The maximum atomic E-state index is 11.8. The molecule has 0 radical (unpaired) electrons. The average molecular weight is 298 g/mol. The Kier molecular flexibility index (Phi) is 3.47. The molecule has 0 saturated carbocycles. The summed E-state index contributed by atoms with van der Waals surface area (Å²) in [4.78, 5) is 22.9. The predicted molar refractivity (Wildman–Crippen MR) is 65.8 cm³/mol. The molecule has 2 amide bonds. The number of nitrogens with one attached hydrogen (secondary N) is 1. The predicted octanol–water partition coefficient (Wildman–Crippen LogP) is 1.98. The maximum absolute atomic E-state index is 11.8. The van der Waals surface area contributed by atoms with E-state index in [1.165, 1.54) is 0 Å². The number of carbonyl (C=O) groups excluding carboxylic acids is 2. The molecule has 1 aliphatic heterocycles. The summed E-state index contributed by atoms with van der Waals surface area (Å²) in [6.07, 6.45) is 0.892. The lowest BCUT2D eigenvalue weighted by molar-refractivity contribution is -0.134. The van der Waals surface area contributed by atoms with E-state index >= 15 is 0 Å². The van der Waals surface area contributed by atoms with Crippen LogP contribution in [0.2, 0.25) is 0 Å². The summed E-state index contributed by atoms with van der Waals surface area (Å²) in [7, 11) is 1.57. The van der Waals surface area contributed by atoms with Crippen LogP contribution in [0.4, 0.5) is 0 Å². The van der Waals surface area contributed by atoms with Crippen LogP contribution in [0.15, 0.2) is 22.7 Å². The van der Waals surface area contributed by atoms with Gasteiger partial charge < -0.3 is 4.74 Å². The topological polar surface area (TPSA) is 55.4 Å². The van der Waals surface area contributed by atoms with Gasteiger partial charge >= 0.3 is 0 Å². The van der Waals surface area contributed by atoms with Gasteiger partial charge in [0.2, 0.25) is 11.8 Å². The standard InChI is InChI=1S/C12H12BrNO3/c1-17-10-4-2-7(13)6-9(10)8-3-5-11(15)14-12(8)16/h2,4,6,8H,3,5H2,1H3,(H,14,15,16). The van der Waals surface area contributed by atoms with E-state index < -0.39 is 0 Å². The maximum Gasteiger partial charge on any atom is 0.234 e. The van der Waals surface area contributed by atoms with Crippen LogP contribution in [0.5, 0.6) is 5.75 Å². The van der Waals surface area contributed by atoms with E-state index in [0.717, 1.165) is 10.0 Å². The summed E-state index contributed by atoms with van der Waals surface area (Å²) in [5.74, 6) is -0.110. The third-order valence-corrected chi connectivity index (χ3v) is 3.30. The number of piperidine rings is 1. The van der Waals surface area contributed by atoms with Crippen molar-refractivity contribution in [2.24, 2.45) is 0 Å². The first-order chi connectivity index (χ1) is 8.11. The van der Waals surface area contributed by atoms with Gasteiger partial charge in [0.1, 0.15) is 5.75 Å². The fraction of sp³-hybridized carbons (Fsp3) is 0.333. The van der Waals surface area contributed by atoms with Crippen LogP contribution < -0.4 is 10.1 Å². The van der Waals surface area contributed by atoms with Gasteiger partial charge in [-0.15, -0.1) is 0 Å². The second kappa shape index (κ2) is 4.87. The Hall–Kier alpha value is -1.36. The molecule has 1 aliphatic rings. The van der Waals surface area contributed by atoms with Crippen LogP contribution in [-0.4, -0.2) is 18.9 Å². The Labute approximate surface area is 107 Å². The van der Waals surface area contributed by atoms with E-state index in [1.807, 2.05) is 18.2 Å². The Morgan fingerprint density at radius 1 is 1.41 bits per heavy atom. The number of hydrogen-bond acceptors (Lipinski definition) is 3. The Balaban J connectivity index is 2.35. The molecule has 4 nitrogen and oxygen atoms in total. The smallest absolute Gasteiger partial charge is 0.234 e. The first kappa shape index (κ1) is 12.1. The Morgan fingerprint density at radius 3 is 2.82 bits per heavy atom. The molecule has 17 heavy (non-hydrogen) atoms. The molecule has 2 rings (SSSR count). The summed E-state index contributed by atoms with van der Waals surface area (Å²) in [6.45, 7) is 0. The second-order valence-corrected chi connectivity index (χ2v) is 4.81. The molecule has 0 aromatic heterocycles. The molecular weight excluding hydrogens is 286 g/mol. The lowest BCUT2D eigenvalue weighted by Crippen LogP contribution is -2.39. The van der Waals surface area contributed by atoms with Gasteiger partial charge in [0.25, 0.3) is 0 Å². The number of ether oxygens (including phenoxy) is 1. The van der Waals surface area contributed by atoms with Gasteiger partial charge in [0.15, 0.2) is 0 Å². The lowest BCUT2D eigenvalue weighted by atomic mass is 9.90. The number of imide groups is 1. The van der Waals surface area contributed by atoms with Gasteiger partial charge in [0, 0.05) is 16.5 Å². The summed E-state index contributed by atoms with van der Waals surface area (Å²) in [6, 6.07) is 5.52. The molecule has 1 atom stereocenters. The number of halogens is 1. The highest BCUT2D eigenvalue weighted by atomic mass is 79.9. The van der Waals surface area contributed by atoms with E-state index in [4.69, 9.17) is 4.74 Å². The summed E-state index contributed by atoms with van der Waals surface area (Å²) in [5, 5.41) is 2.35. The highest BCUT2D eigenvalue weighted by Crippen LogP contribution is 2.33. The van der Waals surface area contributed by atoms with Gasteiger partial charge in [-0.2, -0.15) is 0 Å². The van der Waals surface area contributed by atoms with Crippen LogP contribution in [0.25, 0.3) is 0 Å². The van der Waals surface area contributed by atoms with Crippen molar-refractivity contribution in [3.8, 4) is 5.75 Å². The molecule has 1 aromatic rings. The SMILES string of the molecule is COc1ccc(Br)cc1C1CCC(=O)NC1=O. The minimum absolute atomic E-state index is 0.208. The Bertz CT molecular complexity index is 473.